The summed E-state index contributed by atoms with van der Waals surface area (Å²) in [5.41, 5.74) is 0. The summed E-state index contributed by atoms with van der Waals surface area (Å²) in [6, 6.07) is 0. The van der Waals surface area contributed by atoms with E-state index in [1.165, 1.54) is 51.2 Å². The number of hydrogen-bond donors (Lipinski definition) is 1. The van der Waals surface area contributed by atoms with Gasteiger partial charge in [-0.2, -0.15) is 0 Å². The van der Waals surface area contributed by atoms with Gasteiger partial charge in [0.2, 0.25) is 5.95 Å². The number of nitrogens with zero attached hydrogens (tertiary/aromatic N) is 3. The Bertz CT molecular complexity index is 255. The molecule has 5 heteroatoms. The van der Waals surface area contributed by atoms with Crippen LogP contribution < -0.4 is 4.72 Å². The Morgan fingerprint density at radius 2 is 1.75 bits per heavy atom. The minimum Gasteiger partial charge on any atom is -0.298 e. The van der Waals surface area contributed by atoms with Gasteiger partial charge in [-0.1, -0.05) is 51.0 Å². The third-order valence-corrected chi connectivity index (χ3v) is 3.08. The standard InChI is InChI=1S/C11H20N4S/c1-2-3-4-5-6-7-8-16-15-11-13-9-12-10-14-11/h9-10H,2-8H2,1H3,(H,12,13,14,15). The first kappa shape index (κ1) is 13.2. The SMILES string of the molecule is CCCCCCCCSNc1ncncn1. The molecule has 0 saturated heterocycles. The van der Waals surface area contributed by atoms with Gasteiger partial charge in [-0.3, -0.25) is 4.72 Å². The molecule has 16 heavy (non-hydrogen) atoms. The topological polar surface area (TPSA) is 50.7 Å². The average Bonchev–Trinajstić information content (AvgIpc) is 2.34. The van der Waals surface area contributed by atoms with Crippen LogP contribution in [0.15, 0.2) is 12.7 Å². The third kappa shape index (κ3) is 6.61. The maximum atomic E-state index is 3.98. The van der Waals surface area contributed by atoms with E-state index >= 15 is 0 Å². The normalized spacial score (nSPS) is 10.3. The molecule has 1 aromatic heterocycles. The van der Waals surface area contributed by atoms with E-state index in [-0.39, 0.29) is 0 Å². The highest BCUT2D eigenvalue weighted by molar-refractivity contribution is 8.00. The van der Waals surface area contributed by atoms with E-state index in [0.29, 0.717) is 5.95 Å². The fourth-order valence-corrected chi connectivity index (χ4v) is 2.05. The van der Waals surface area contributed by atoms with Crippen LogP contribution in [0.2, 0.25) is 0 Å². The molecule has 1 N–H and O–H groups in total. The van der Waals surface area contributed by atoms with Gasteiger partial charge >= 0.3 is 0 Å². The van der Waals surface area contributed by atoms with Gasteiger partial charge in [0.1, 0.15) is 12.7 Å². The predicted molar refractivity (Wildman–Crippen MR) is 69.3 cm³/mol. The van der Waals surface area contributed by atoms with Crippen molar-refractivity contribution in [3.8, 4) is 0 Å². The molecule has 0 bridgehead atoms. The molecule has 0 aliphatic carbocycles. The Morgan fingerprint density at radius 3 is 2.50 bits per heavy atom. The van der Waals surface area contributed by atoms with Crippen molar-refractivity contribution in [2.24, 2.45) is 0 Å². The molecule has 1 heterocycles. The number of hydrogen-bond acceptors (Lipinski definition) is 5. The van der Waals surface area contributed by atoms with Crippen LogP contribution in [0.1, 0.15) is 45.4 Å². The summed E-state index contributed by atoms with van der Waals surface area (Å²) in [7, 11) is 0. The van der Waals surface area contributed by atoms with Crippen LogP contribution in [0.25, 0.3) is 0 Å². The largest absolute Gasteiger partial charge is 0.298 e. The third-order valence-electron chi connectivity index (χ3n) is 2.26. The molecule has 0 spiro atoms. The molecular formula is C11H20N4S. The van der Waals surface area contributed by atoms with Crippen molar-refractivity contribution in [2.45, 2.75) is 45.4 Å². The van der Waals surface area contributed by atoms with Crippen molar-refractivity contribution in [1.29, 1.82) is 0 Å². The molecular weight excluding hydrogens is 220 g/mol. The summed E-state index contributed by atoms with van der Waals surface area (Å²) in [5.74, 6) is 1.75. The molecule has 4 nitrogen and oxygen atoms in total. The molecule has 0 radical (unpaired) electrons. The van der Waals surface area contributed by atoms with E-state index in [4.69, 9.17) is 0 Å². The number of unbranched alkanes of at least 4 members (excludes halogenated alkanes) is 5. The van der Waals surface area contributed by atoms with Crippen molar-refractivity contribution in [3.05, 3.63) is 12.7 Å². The minimum absolute atomic E-state index is 0.644. The van der Waals surface area contributed by atoms with Gasteiger partial charge in [0.15, 0.2) is 0 Å². The quantitative estimate of drug-likeness (QED) is 0.530. The van der Waals surface area contributed by atoms with Gasteiger partial charge in [0.25, 0.3) is 0 Å². The minimum atomic E-state index is 0.644. The number of anilines is 1. The van der Waals surface area contributed by atoms with E-state index in [0.717, 1.165) is 5.75 Å². The highest BCUT2D eigenvalue weighted by Crippen LogP contribution is 2.10. The second kappa shape index (κ2) is 9.39. The van der Waals surface area contributed by atoms with E-state index in [2.05, 4.69) is 26.6 Å². The number of aromatic nitrogens is 3. The first-order valence-electron chi connectivity index (χ1n) is 5.93. The van der Waals surface area contributed by atoms with Crippen LogP contribution >= 0.6 is 11.9 Å². The summed E-state index contributed by atoms with van der Waals surface area (Å²) in [4.78, 5) is 11.7. The average molecular weight is 240 g/mol. The molecule has 0 saturated carbocycles. The van der Waals surface area contributed by atoms with Crippen LogP contribution in [0.5, 0.6) is 0 Å². The molecule has 0 fully saturated rings. The lowest BCUT2D eigenvalue weighted by atomic mass is 10.1. The number of rotatable bonds is 9. The summed E-state index contributed by atoms with van der Waals surface area (Å²) in [6.45, 7) is 2.24. The van der Waals surface area contributed by atoms with Crippen molar-refractivity contribution in [3.63, 3.8) is 0 Å². The molecule has 0 aliphatic heterocycles. The van der Waals surface area contributed by atoms with Crippen LogP contribution in [-0.4, -0.2) is 20.7 Å². The first-order valence-corrected chi connectivity index (χ1v) is 6.92. The zero-order chi connectivity index (χ0) is 11.5. The predicted octanol–water partition coefficient (Wildman–Crippen LogP) is 3.29. The maximum absolute atomic E-state index is 3.98. The fourth-order valence-electron chi connectivity index (χ4n) is 1.36. The zero-order valence-corrected chi connectivity index (χ0v) is 10.7. The molecule has 0 amide bonds. The van der Waals surface area contributed by atoms with Gasteiger partial charge in [-0.15, -0.1) is 0 Å². The van der Waals surface area contributed by atoms with E-state index in [1.54, 1.807) is 11.9 Å². The highest BCUT2D eigenvalue weighted by atomic mass is 32.2. The van der Waals surface area contributed by atoms with E-state index in [9.17, 15) is 0 Å². The van der Waals surface area contributed by atoms with Gasteiger partial charge in [0, 0.05) is 5.75 Å². The summed E-state index contributed by atoms with van der Waals surface area (Å²) >= 11 is 1.67. The summed E-state index contributed by atoms with van der Waals surface area (Å²) in [6.07, 6.45) is 11.0. The van der Waals surface area contributed by atoms with Crippen molar-refractivity contribution < 1.29 is 0 Å². The Kier molecular flexibility index (Phi) is 7.76. The lowest BCUT2D eigenvalue weighted by Crippen LogP contribution is -1.95. The van der Waals surface area contributed by atoms with E-state index < -0.39 is 0 Å². The molecule has 0 unspecified atom stereocenters. The Hall–Kier alpha value is -0.840. The monoisotopic (exact) mass is 240 g/mol. The summed E-state index contributed by atoms with van der Waals surface area (Å²) < 4.78 is 3.10. The molecule has 0 aliphatic rings. The van der Waals surface area contributed by atoms with Gasteiger partial charge in [-0.05, 0) is 6.42 Å². The Labute approximate surface area is 102 Å². The molecule has 0 atom stereocenters. The summed E-state index contributed by atoms with van der Waals surface area (Å²) in [5, 5.41) is 0. The van der Waals surface area contributed by atoms with Crippen LogP contribution in [-0.2, 0) is 0 Å². The second-order valence-electron chi connectivity index (χ2n) is 3.68. The zero-order valence-electron chi connectivity index (χ0n) is 9.85. The molecule has 90 valence electrons. The second-order valence-corrected chi connectivity index (χ2v) is 4.58. The molecule has 1 rings (SSSR count). The highest BCUT2D eigenvalue weighted by Gasteiger charge is 1.94. The van der Waals surface area contributed by atoms with Gasteiger partial charge in [0.05, 0.1) is 0 Å². The van der Waals surface area contributed by atoms with Crippen LogP contribution in [0.3, 0.4) is 0 Å². The lowest BCUT2D eigenvalue weighted by Gasteiger charge is -2.02. The molecule has 0 aromatic carbocycles. The van der Waals surface area contributed by atoms with Crippen molar-refractivity contribution >= 4 is 17.9 Å². The maximum Gasteiger partial charge on any atom is 0.235 e. The van der Waals surface area contributed by atoms with Crippen molar-refractivity contribution in [2.75, 3.05) is 10.5 Å². The van der Waals surface area contributed by atoms with Gasteiger partial charge < -0.3 is 0 Å². The number of nitrogens with one attached hydrogen (secondary N) is 1. The van der Waals surface area contributed by atoms with Crippen LogP contribution in [0, 0.1) is 0 Å². The fraction of sp³-hybridized carbons (Fsp3) is 0.727. The lowest BCUT2D eigenvalue weighted by molar-refractivity contribution is 0.627. The van der Waals surface area contributed by atoms with E-state index in [1.807, 2.05) is 0 Å². The Morgan fingerprint density at radius 1 is 1.06 bits per heavy atom. The van der Waals surface area contributed by atoms with Gasteiger partial charge in [-0.25, -0.2) is 15.0 Å². The van der Waals surface area contributed by atoms with Crippen molar-refractivity contribution in [1.82, 2.24) is 15.0 Å². The van der Waals surface area contributed by atoms with Crippen LogP contribution in [0.4, 0.5) is 5.95 Å². The first-order chi connectivity index (χ1) is 7.93. The smallest absolute Gasteiger partial charge is 0.235 e. The molecule has 1 aromatic rings. The Balaban J connectivity index is 1.89.